The molecule has 1 aromatic rings. The highest BCUT2D eigenvalue weighted by Crippen LogP contribution is 2.15. The van der Waals surface area contributed by atoms with Gasteiger partial charge in [-0.3, -0.25) is 9.59 Å². The van der Waals surface area contributed by atoms with E-state index in [9.17, 15) is 9.59 Å². The Hall–Kier alpha value is -2.85. The van der Waals surface area contributed by atoms with Crippen molar-refractivity contribution in [3.63, 3.8) is 0 Å². The van der Waals surface area contributed by atoms with E-state index in [0.29, 0.717) is 17.9 Å². The normalized spacial score (nSPS) is 16.7. The molecule has 0 bridgehead atoms. The fourth-order valence-corrected chi connectivity index (χ4v) is 2.55. The minimum absolute atomic E-state index is 0.0332. The fraction of sp³-hybridized carbons (Fsp3) is 0.450. The van der Waals surface area contributed by atoms with E-state index in [-0.39, 0.29) is 30.2 Å². The largest absolute Gasteiger partial charge is 0.484 e. The minimum Gasteiger partial charge on any atom is -0.484 e. The van der Waals surface area contributed by atoms with E-state index in [2.05, 4.69) is 10.6 Å². The number of carbonyl (C=O) groups excluding carboxylic acids is 2. The van der Waals surface area contributed by atoms with Crippen LogP contribution in [0.15, 0.2) is 29.8 Å². The molecule has 2 amide bonds. The van der Waals surface area contributed by atoms with Gasteiger partial charge in [-0.05, 0) is 50.5 Å². The molecule has 1 heterocycles. The molecule has 0 spiro atoms. The van der Waals surface area contributed by atoms with Gasteiger partial charge in [-0.2, -0.15) is 5.26 Å². The number of hydrogen-bond donors (Lipinski definition) is 2. The van der Waals surface area contributed by atoms with Gasteiger partial charge in [0.25, 0.3) is 11.8 Å². The summed E-state index contributed by atoms with van der Waals surface area (Å²) in [7, 11) is 0. The van der Waals surface area contributed by atoms with Crippen LogP contribution in [0.3, 0.4) is 0 Å². The van der Waals surface area contributed by atoms with Crippen molar-refractivity contribution >= 4 is 17.9 Å². The highest BCUT2D eigenvalue weighted by atomic mass is 16.5. The Labute approximate surface area is 159 Å². The number of benzene rings is 1. The van der Waals surface area contributed by atoms with Crippen LogP contribution in [-0.4, -0.2) is 43.7 Å². The first-order chi connectivity index (χ1) is 13.0. The van der Waals surface area contributed by atoms with Gasteiger partial charge < -0.3 is 20.1 Å². The van der Waals surface area contributed by atoms with E-state index < -0.39 is 5.91 Å². The molecule has 0 radical (unpaired) electrons. The molecular weight excluding hydrogens is 346 g/mol. The Morgan fingerprint density at radius 2 is 2.11 bits per heavy atom. The average molecular weight is 371 g/mol. The Morgan fingerprint density at radius 1 is 1.37 bits per heavy atom. The van der Waals surface area contributed by atoms with Crippen LogP contribution in [0.2, 0.25) is 0 Å². The number of nitrogens with zero attached hydrogens (tertiary/aromatic N) is 1. The summed E-state index contributed by atoms with van der Waals surface area (Å²) in [5.41, 5.74) is 0.728. The van der Waals surface area contributed by atoms with Crippen molar-refractivity contribution in [2.75, 3.05) is 19.8 Å². The average Bonchev–Trinajstić information content (AvgIpc) is 3.16. The third-order valence-electron chi connectivity index (χ3n) is 3.90. The molecule has 1 aliphatic heterocycles. The summed E-state index contributed by atoms with van der Waals surface area (Å²) in [6, 6.07) is 8.68. The number of ether oxygens (including phenoxy) is 2. The van der Waals surface area contributed by atoms with Gasteiger partial charge in [0.15, 0.2) is 6.61 Å². The van der Waals surface area contributed by atoms with Gasteiger partial charge >= 0.3 is 0 Å². The van der Waals surface area contributed by atoms with Crippen LogP contribution in [0.4, 0.5) is 0 Å². The molecular formula is C20H25N3O4. The molecule has 1 aliphatic rings. The first-order valence-corrected chi connectivity index (χ1v) is 9.01. The fourth-order valence-electron chi connectivity index (χ4n) is 2.55. The summed E-state index contributed by atoms with van der Waals surface area (Å²) in [6.45, 7) is 4.83. The number of rotatable bonds is 8. The van der Waals surface area contributed by atoms with Gasteiger partial charge in [0.2, 0.25) is 0 Å². The standard InChI is InChI=1S/C20H25N3O4/c1-14(2)23-20(25)16(11-21)10-15-5-7-17(8-6-15)27-13-19(24)22-12-18-4-3-9-26-18/h5-8,10,14,18H,3-4,9,12-13H2,1-2H3,(H,22,24)(H,23,25)/b16-10+/t18-/m1/s1. The second-order valence-electron chi connectivity index (χ2n) is 6.59. The van der Waals surface area contributed by atoms with Crippen molar-refractivity contribution in [1.82, 2.24) is 10.6 Å². The minimum atomic E-state index is -0.407. The summed E-state index contributed by atoms with van der Waals surface area (Å²) in [5.74, 6) is -0.0770. The number of hydrogen-bond acceptors (Lipinski definition) is 5. The maximum Gasteiger partial charge on any atom is 0.262 e. The van der Waals surface area contributed by atoms with Crippen LogP contribution in [0.5, 0.6) is 5.75 Å². The monoisotopic (exact) mass is 371 g/mol. The molecule has 2 N–H and O–H groups in total. The van der Waals surface area contributed by atoms with Crippen LogP contribution in [0.1, 0.15) is 32.3 Å². The first-order valence-electron chi connectivity index (χ1n) is 9.01. The molecule has 0 aromatic heterocycles. The summed E-state index contributed by atoms with van der Waals surface area (Å²) in [6.07, 6.45) is 3.61. The Balaban J connectivity index is 1.83. The highest BCUT2D eigenvalue weighted by Gasteiger charge is 2.16. The van der Waals surface area contributed by atoms with Crippen molar-refractivity contribution in [3.05, 3.63) is 35.4 Å². The lowest BCUT2D eigenvalue weighted by Crippen LogP contribution is -2.35. The van der Waals surface area contributed by atoms with E-state index >= 15 is 0 Å². The Bertz CT molecular complexity index is 714. The van der Waals surface area contributed by atoms with Gasteiger partial charge in [-0.25, -0.2) is 0 Å². The van der Waals surface area contributed by atoms with Crippen molar-refractivity contribution in [1.29, 1.82) is 5.26 Å². The van der Waals surface area contributed by atoms with Gasteiger partial charge in [0, 0.05) is 19.2 Å². The van der Waals surface area contributed by atoms with Crippen LogP contribution in [0.25, 0.3) is 6.08 Å². The molecule has 1 saturated heterocycles. The molecule has 1 fully saturated rings. The lowest BCUT2D eigenvalue weighted by atomic mass is 10.1. The summed E-state index contributed by atoms with van der Waals surface area (Å²) < 4.78 is 10.9. The van der Waals surface area contributed by atoms with Crippen LogP contribution in [-0.2, 0) is 14.3 Å². The molecule has 7 nitrogen and oxygen atoms in total. The highest BCUT2D eigenvalue weighted by molar-refractivity contribution is 6.01. The smallest absolute Gasteiger partial charge is 0.262 e. The van der Waals surface area contributed by atoms with Crippen LogP contribution >= 0.6 is 0 Å². The quantitative estimate of drug-likeness (QED) is 0.536. The summed E-state index contributed by atoms with van der Waals surface area (Å²) in [4.78, 5) is 23.7. The molecule has 7 heteroatoms. The van der Waals surface area contributed by atoms with Gasteiger partial charge in [-0.15, -0.1) is 0 Å². The second-order valence-corrected chi connectivity index (χ2v) is 6.59. The topological polar surface area (TPSA) is 100 Å². The number of nitriles is 1. The summed E-state index contributed by atoms with van der Waals surface area (Å²) in [5, 5.41) is 14.6. The van der Waals surface area contributed by atoms with Crippen molar-refractivity contribution < 1.29 is 19.1 Å². The molecule has 0 unspecified atom stereocenters. The van der Waals surface area contributed by atoms with E-state index in [0.717, 1.165) is 19.4 Å². The van der Waals surface area contributed by atoms with Gasteiger partial charge in [0.1, 0.15) is 17.4 Å². The van der Waals surface area contributed by atoms with Crippen molar-refractivity contribution in [2.45, 2.75) is 38.8 Å². The zero-order chi connectivity index (χ0) is 19.6. The van der Waals surface area contributed by atoms with Crippen LogP contribution < -0.4 is 15.4 Å². The predicted octanol–water partition coefficient (Wildman–Crippen LogP) is 1.79. The maximum absolute atomic E-state index is 11.9. The van der Waals surface area contributed by atoms with Gasteiger partial charge in [0.05, 0.1) is 6.10 Å². The number of carbonyl (C=O) groups is 2. The molecule has 0 saturated carbocycles. The third kappa shape index (κ3) is 7.12. The number of nitrogens with one attached hydrogen (secondary N) is 2. The van der Waals surface area contributed by atoms with Crippen LogP contribution in [0, 0.1) is 11.3 Å². The molecule has 1 atom stereocenters. The zero-order valence-corrected chi connectivity index (χ0v) is 15.7. The number of amides is 2. The molecule has 27 heavy (non-hydrogen) atoms. The molecule has 144 valence electrons. The Morgan fingerprint density at radius 3 is 2.70 bits per heavy atom. The zero-order valence-electron chi connectivity index (χ0n) is 15.7. The van der Waals surface area contributed by atoms with Gasteiger partial charge in [-0.1, -0.05) is 12.1 Å². The van der Waals surface area contributed by atoms with Crippen molar-refractivity contribution in [3.8, 4) is 11.8 Å². The third-order valence-corrected chi connectivity index (χ3v) is 3.90. The molecule has 0 aliphatic carbocycles. The lowest BCUT2D eigenvalue weighted by molar-refractivity contribution is -0.123. The van der Waals surface area contributed by atoms with Crippen molar-refractivity contribution in [2.24, 2.45) is 0 Å². The predicted molar refractivity (Wildman–Crippen MR) is 101 cm³/mol. The maximum atomic E-state index is 11.9. The second kappa shape index (κ2) is 10.3. The van der Waals surface area contributed by atoms with E-state index in [1.165, 1.54) is 6.08 Å². The first kappa shape index (κ1) is 20.5. The Kier molecular flexibility index (Phi) is 7.83. The lowest BCUT2D eigenvalue weighted by Gasteiger charge is -2.11. The van der Waals surface area contributed by atoms with E-state index in [1.54, 1.807) is 24.3 Å². The molecule has 1 aromatic carbocycles. The van der Waals surface area contributed by atoms with E-state index in [1.807, 2.05) is 19.9 Å². The van der Waals surface area contributed by atoms with E-state index in [4.69, 9.17) is 14.7 Å². The SMILES string of the molecule is CC(C)NC(=O)/C(C#N)=C/c1ccc(OCC(=O)NC[C@H]2CCCO2)cc1. The molecule has 2 rings (SSSR count). The summed E-state index contributed by atoms with van der Waals surface area (Å²) >= 11 is 0.